The Morgan fingerprint density at radius 1 is 1.35 bits per heavy atom. The fourth-order valence-electron chi connectivity index (χ4n) is 2.46. The maximum atomic E-state index is 10.7. The van der Waals surface area contributed by atoms with Gasteiger partial charge < -0.3 is 9.84 Å². The Morgan fingerprint density at radius 2 is 2.05 bits per heavy atom. The number of hydrogen-bond acceptors (Lipinski definition) is 2. The maximum Gasteiger partial charge on any atom is 0.328 e. The van der Waals surface area contributed by atoms with Crippen LogP contribution in [0.2, 0.25) is 0 Å². The van der Waals surface area contributed by atoms with Crippen LogP contribution >= 0.6 is 15.9 Å². The molecule has 4 heteroatoms. The van der Waals surface area contributed by atoms with Crippen molar-refractivity contribution in [1.29, 1.82) is 0 Å². The Morgan fingerprint density at radius 3 is 2.70 bits per heavy atom. The average Bonchev–Trinajstić information content (AvgIpc) is 2.41. The molecule has 0 atom stereocenters. The monoisotopic (exact) mass is 338 g/mol. The third-order valence-electron chi connectivity index (χ3n) is 3.65. The number of para-hydroxylation sites is 1. The fraction of sp³-hybridized carbons (Fsp3) is 0.438. The predicted octanol–water partition coefficient (Wildman–Crippen LogP) is 4.50. The molecule has 0 radical (unpaired) electrons. The molecule has 1 aromatic carbocycles. The molecule has 0 spiro atoms. The van der Waals surface area contributed by atoms with Crippen LogP contribution in [0.1, 0.15) is 38.2 Å². The molecule has 0 aliphatic heterocycles. The van der Waals surface area contributed by atoms with E-state index in [-0.39, 0.29) is 6.10 Å². The van der Waals surface area contributed by atoms with Crippen LogP contribution in [-0.4, -0.2) is 17.2 Å². The summed E-state index contributed by atoms with van der Waals surface area (Å²) in [6, 6.07) is 5.66. The van der Waals surface area contributed by atoms with Gasteiger partial charge in [0.1, 0.15) is 5.75 Å². The molecule has 108 valence electrons. The van der Waals surface area contributed by atoms with Crippen molar-refractivity contribution in [2.75, 3.05) is 0 Å². The lowest BCUT2D eigenvalue weighted by molar-refractivity contribution is -0.131. The molecule has 1 aliphatic carbocycles. The predicted molar refractivity (Wildman–Crippen MR) is 82.9 cm³/mol. The zero-order valence-electron chi connectivity index (χ0n) is 11.5. The molecule has 20 heavy (non-hydrogen) atoms. The van der Waals surface area contributed by atoms with E-state index in [1.807, 2.05) is 18.2 Å². The second-order valence-corrected chi connectivity index (χ2v) is 6.18. The minimum atomic E-state index is -0.956. The first-order valence-corrected chi connectivity index (χ1v) is 7.71. The van der Waals surface area contributed by atoms with Gasteiger partial charge in [-0.1, -0.05) is 19.1 Å². The molecule has 3 nitrogen and oxygen atoms in total. The number of halogens is 1. The molecule has 0 unspecified atom stereocenters. The standard InChI is InChI=1S/C16H19BrO3/c1-11-5-8-13(9-6-11)20-16-12(7-10-15(18)19)3-2-4-14(16)17/h2-4,7,10-11,13H,5-6,8-9H2,1H3,(H,18,19). The van der Waals surface area contributed by atoms with Crippen molar-refractivity contribution >= 4 is 28.0 Å². The minimum Gasteiger partial charge on any atom is -0.489 e. The molecule has 0 amide bonds. The van der Waals surface area contributed by atoms with Gasteiger partial charge in [0.15, 0.2) is 0 Å². The van der Waals surface area contributed by atoms with E-state index < -0.39 is 5.97 Å². The van der Waals surface area contributed by atoms with E-state index >= 15 is 0 Å². The molecule has 0 saturated heterocycles. The Labute approximate surface area is 127 Å². The summed E-state index contributed by atoms with van der Waals surface area (Å²) >= 11 is 3.49. The third kappa shape index (κ3) is 4.10. The van der Waals surface area contributed by atoms with Crippen LogP contribution in [0.5, 0.6) is 5.75 Å². The molecule has 0 bridgehead atoms. The Balaban J connectivity index is 2.15. The lowest BCUT2D eigenvalue weighted by atomic mass is 9.89. The number of rotatable bonds is 4. The zero-order valence-corrected chi connectivity index (χ0v) is 13.1. The van der Waals surface area contributed by atoms with Crippen LogP contribution in [0, 0.1) is 5.92 Å². The second-order valence-electron chi connectivity index (χ2n) is 5.33. The quantitative estimate of drug-likeness (QED) is 0.822. The van der Waals surface area contributed by atoms with Crippen molar-refractivity contribution in [3.63, 3.8) is 0 Å². The molecule has 1 fully saturated rings. The first-order valence-electron chi connectivity index (χ1n) is 6.92. The molecule has 2 rings (SSSR count). The van der Waals surface area contributed by atoms with Crippen molar-refractivity contribution in [3.8, 4) is 5.75 Å². The van der Waals surface area contributed by atoms with Crippen LogP contribution < -0.4 is 4.74 Å². The van der Waals surface area contributed by atoms with E-state index in [9.17, 15) is 4.79 Å². The molecular formula is C16H19BrO3. The van der Waals surface area contributed by atoms with Gasteiger partial charge in [-0.2, -0.15) is 0 Å². The summed E-state index contributed by atoms with van der Waals surface area (Å²) in [5.41, 5.74) is 0.792. The Bertz CT molecular complexity index is 502. The van der Waals surface area contributed by atoms with E-state index in [1.54, 1.807) is 6.08 Å². The number of carboxylic acid groups (broad SMARTS) is 1. The summed E-state index contributed by atoms with van der Waals surface area (Å²) in [6.07, 6.45) is 7.44. The van der Waals surface area contributed by atoms with Crippen molar-refractivity contribution < 1.29 is 14.6 Å². The molecular weight excluding hydrogens is 320 g/mol. The fourth-order valence-corrected chi connectivity index (χ4v) is 2.93. The highest BCUT2D eigenvalue weighted by Gasteiger charge is 2.21. The summed E-state index contributed by atoms with van der Waals surface area (Å²) < 4.78 is 6.97. The lowest BCUT2D eigenvalue weighted by Gasteiger charge is -2.27. The number of hydrogen-bond donors (Lipinski definition) is 1. The normalized spacial score (nSPS) is 22.9. The highest BCUT2D eigenvalue weighted by molar-refractivity contribution is 9.10. The molecule has 1 saturated carbocycles. The number of carbonyl (C=O) groups is 1. The minimum absolute atomic E-state index is 0.224. The van der Waals surface area contributed by atoms with Crippen LogP contribution in [0.4, 0.5) is 0 Å². The highest BCUT2D eigenvalue weighted by atomic mass is 79.9. The first-order chi connectivity index (χ1) is 9.56. The topological polar surface area (TPSA) is 46.5 Å². The van der Waals surface area contributed by atoms with E-state index in [0.717, 1.165) is 40.6 Å². The summed E-state index contributed by atoms with van der Waals surface area (Å²) in [7, 11) is 0. The Kier molecular flexibility index (Phi) is 5.24. The smallest absolute Gasteiger partial charge is 0.328 e. The molecule has 1 aliphatic rings. The highest BCUT2D eigenvalue weighted by Crippen LogP contribution is 2.34. The van der Waals surface area contributed by atoms with Gasteiger partial charge in [-0.05, 0) is 59.7 Å². The summed E-state index contributed by atoms with van der Waals surface area (Å²) in [5, 5.41) is 8.75. The summed E-state index contributed by atoms with van der Waals surface area (Å²) in [4.78, 5) is 10.7. The van der Waals surface area contributed by atoms with Crippen LogP contribution in [0.25, 0.3) is 6.08 Å². The van der Waals surface area contributed by atoms with E-state index in [2.05, 4.69) is 22.9 Å². The van der Waals surface area contributed by atoms with Gasteiger partial charge in [-0.15, -0.1) is 0 Å². The number of aliphatic carboxylic acids is 1. The van der Waals surface area contributed by atoms with Gasteiger partial charge in [0.25, 0.3) is 0 Å². The van der Waals surface area contributed by atoms with Gasteiger partial charge in [0, 0.05) is 11.6 Å². The van der Waals surface area contributed by atoms with Crippen molar-refractivity contribution in [1.82, 2.24) is 0 Å². The summed E-state index contributed by atoms with van der Waals surface area (Å²) in [6.45, 7) is 2.27. The average molecular weight is 339 g/mol. The van der Waals surface area contributed by atoms with Crippen molar-refractivity contribution in [3.05, 3.63) is 34.3 Å². The van der Waals surface area contributed by atoms with Gasteiger partial charge >= 0.3 is 5.97 Å². The molecule has 1 N–H and O–H groups in total. The van der Waals surface area contributed by atoms with Gasteiger partial charge in [0.05, 0.1) is 10.6 Å². The van der Waals surface area contributed by atoms with Crippen molar-refractivity contribution in [2.24, 2.45) is 5.92 Å². The SMILES string of the molecule is CC1CCC(Oc2c(Br)cccc2C=CC(=O)O)CC1. The lowest BCUT2D eigenvalue weighted by Crippen LogP contribution is -2.23. The third-order valence-corrected chi connectivity index (χ3v) is 4.27. The number of benzene rings is 1. The summed E-state index contributed by atoms with van der Waals surface area (Å²) in [5.74, 6) is 0.562. The van der Waals surface area contributed by atoms with Crippen LogP contribution in [0.3, 0.4) is 0 Å². The van der Waals surface area contributed by atoms with Gasteiger partial charge in [-0.3, -0.25) is 0 Å². The van der Waals surface area contributed by atoms with E-state index in [4.69, 9.17) is 9.84 Å². The van der Waals surface area contributed by atoms with Crippen LogP contribution in [0.15, 0.2) is 28.7 Å². The second kappa shape index (κ2) is 6.93. The van der Waals surface area contributed by atoms with Gasteiger partial charge in [-0.25, -0.2) is 4.79 Å². The maximum absolute atomic E-state index is 10.7. The number of ether oxygens (including phenoxy) is 1. The zero-order chi connectivity index (χ0) is 14.5. The van der Waals surface area contributed by atoms with Crippen molar-refractivity contribution in [2.45, 2.75) is 38.7 Å². The largest absolute Gasteiger partial charge is 0.489 e. The molecule has 0 aromatic heterocycles. The van der Waals surface area contributed by atoms with E-state index in [0.29, 0.717) is 0 Å². The molecule has 0 heterocycles. The molecule has 1 aromatic rings. The van der Waals surface area contributed by atoms with Crippen LogP contribution in [-0.2, 0) is 4.79 Å². The first kappa shape index (κ1) is 15.1. The number of carboxylic acids is 1. The Hall–Kier alpha value is -1.29. The van der Waals surface area contributed by atoms with Gasteiger partial charge in [0.2, 0.25) is 0 Å². The van der Waals surface area contributed by atoms with E-state index in [1.165, 1.54) is 12.8 Å².